The van der Waals surface area contributed by atoms with E-state index in [1.54, 1.807) is 12.2 Å². The van der Waals surface area contributed by atoms with Crippen LogP contribution in [0.4, 0.5) is 15.8 Å². The number of ketones is 1. The minimum atomic E-state index is -1.12. The summed E-state index contributed by atoms with van der Waals surface area (Å²) >= 11 is 0. The molecule has 0 unspecified atom stereocenters. The average molecular weight is 434 g/mol. The van der Waals surface area contributed by atoms with Gasteiger partial charge in [-0.2, -0.15) is 5.10 Å². The number of hydrazone groups is 1. The molecular formula is C22H15FN4O5. The van der Waals surface area contributed by atoms with Gasteiger partial charge in [-0.1, -0.05) is 18.2 Å². The molecule has 0 radical (unpaired) electrons. The fourth-order valence-electron chi connectivity index (χ4n) is 4.63. The van der Waals surface area contributed by atoms with Crippen LogP contribution in [0.25, 0.3) is 0 Å². The Bertz CT molecular complexity index is 1230. The summed E-state index contributed by atoms with van der Waals surface area (Å²) in [5.74, 6) is -4.05. The van der Waals surface area contributed by atoms with E-state index in [1.165, 1.54) is 41.6 Å². The maximum Gasteiger partial charge on any atom is 0.270 e. The number of rotatable bonds is 4. The number of non-ortho nitro benzene ring substituents is 1. The first-order chi connectivity index (χ1) is 15.4. The molecule has 2 fully saturated rings. The third kappa shape index (κ3) is 2.83. The number of nitrogens with zero attached hydrogens (tertiary/aromatic N) is 4. The molecule has 2 aromatic carbocycles. The van der Waals surface area contributed by atoms with Crippen LogP contribution in [0.2, 0.25) is 0 Å². The van der Waals surface area contributed by atoms with Gasteiger partial charge in [0, 0.05) is 23.9 Å². The van der Waals surface area contributed by atoms with Gasteiger partial charge < -0.3 is 0 Å². The normalized spacial score (nSPS) is 25.8. The number of allylic oxidation sites excluding steroid dienone is 1. The van der Waals surface area contributed by atoms with Gasteiger partial charge in [0.2, 0.25) is 11.8 Å². The first kappa shape index (κ1) is 19.7. The summed E-state index contributed by atoms with van der Waals surface area (Å²) in [6.45, 7) is 0. The molecule has 160 valence electrons. The molecular weight excluding hydrogens is 419 g/mol. The van der Waals surface area contributed by atoms with Gasteiger partial charge in [-0.05, 0) is 30.3 Å². The molecule has 2 saturated heterocycles. The second-order valence-electron chi connectivity index (χ2n) is 7.68. The number of imide groups is 1. The van der Waals surface area contributed by atoms with Gasteiger partial charge >= 0.3 is 0 Å². The van der Waals surface area contributed by atoms with E-state index in [9.17, 15) is 28.9 Å². The summed E-state index contributed by atoms with van der Waals surface area (Å²) in [5, 5.41) is 16.8. The number of benzene rings is 2. The van der Waals surface area contributed by atoms with Crippen molar-refractivity contribution < 1.29 is 23.7 Å². The maximum absolute atomic E-state index is 13.5. The number of halogens is 1. The number of Topliss-reactive ketones (excluding diaryl/α,β-unsaturated/α-hetero) is 1. The van der Waals surface area contributed by atoms with Crippen LogP contribution < -0.4 is 4.90 Å². The summed E-state index contributed by atoms with van der Waals surface area (Å²) < 4.78 is 13.4. The quantitative estimate of drug-likeness (QED) is 0.316. The largest absolute Gasteiger partial charge is 0.292 e. The molecule has 0 aliphatic carbocycles. The van der Waals surface area contributed by atoms with Gasteiger partial charge in [-0.15, -0.1) is 0 Å². The third-order valence-electron chi connectivity index (χ3n) is 5.99. The Kier molecular flexibility index (Phi) is 4.43. The number of anilines is 1. The van der Waals surface area contributed by atoms with Crippen LogP contribution in [-0.2, 0) is 9.59 Å². The first-order valence-corrected chi connectivity index (χ1v) is 9.79. The van der Waals surface area contributed by atoms with Crippen molar-refractivity contribution in [2.75, 3.05) is 4.90 Å². The van der Waals surface area contributed by atoms with Gasteiger partial charge in [0.25, 0.3) is 5.69 Å². The summed E-state index contributed by atoms with van der Waals surface area (Å²) in [5.41, 5.74) is 0.00627. The van der Waals surface area contributed by atoms with E-state index in [-0.39, 0.29) is 16.9 Å². The zero-order valence-electron chi connectivity index (χ0n) is 16.4. The highest BCUT2D eigenvalue weighted by Gasteiger charge is 2.64. The standard InChI is InChI=1S/C22H15FN4O5/c23-13-6-8-14(9-7-13)25-21(29)17-16-5-2-10-24-26(16)19(18(17)22(25)30)20(28)12-3-1-4-15(11-12)27(31)32/h1-11,16-19H/t16-,17-,18+,19-/m1/s1. The zero-order valence-corrected chi connectivity index (χ0v) is 16.4. The van der Waals surface area contributed by atoms with Crippen LogP contribution >= 0.6 is 0 Å². The lowest BCUT2D eigenvalue weighted by atomic mass is 9.86. The number of carbonyl (C=O) groups is 3. The topological polar surface area (TPSA) is 113 Å². The van der Waals surface area contributed by atoms with Crippen molar-refractivity contribution in [2.45, 2.75) is 12.1 Å². The number of hydrogen-bond donors (Lipinski definition) is 0. The highest BCUT2D eigenvalue weighted by Crippen LogP contribution is 2.46. The predicted molar refractivity (Wildman–Crippen MR) is 110 cm³/mol. The van der Waals surface area contributed by atoms with Crippen molar-refractivity contribution in [3.05, 3.63) is 82.2 Å². The van der Waals surface area contributed by atoms with Crippen molar-refractivity contribution >= 4 is 35.2 Å². The molecule has 0 spiro atoms. The molecule has 10 heteroatoms. The third-order valence-corrected chi connectivity index (χ3v) is 5.99. The monoisotopic (exact) mass is 434 g/mol. The van der Waals surface area contributed by atoms with Crippen LogP contribution in [0, 0.1) is 27.8 Å². The highest BCUT2D eigenvalue weighted by atomic mass is 19.1. The number of nitro benzene ring substituents is 1. The lowest BCUT2D eigenvalue weighted by Gasteiger charge is -2.30. The minimum Gasteiger partial charge on any atom is -0.292 e. The molecule has 32 heavy (non-hydrogen) atoms. The van der Waals surface area contributed by atoms with Crippen molar-refractivity contribution in [3.8, 4) is 0 Å². The van der Waals surface area contributed by atoms with Gasteiger partial charge in [0.1, 0.15) is 11.9 Å². The molecule has 2 aromatic rings. The molecule has 0 saturated carbocycles. The fraction of sp³-hybridized carbons (Fsp3) is 0.182. The van der Waals surface area contributed by atoms with E-state index in [2.05, 4.69) is 5.10 Å². The Morgan fingerprint density at radius 2 is 1.78 bits per heavy atom. The van der Waals surface area contributed by atoms with Crippen molar-refractivity contribution in [1.82, 2.24) is 5.01 Å². The number of fused-ring (bicyclic) bond motifs is 3. The van der Waals surface area contributed by atoms with Crippen molar-refractivity contribution in [2.24, 2.45) is 16.9 Å². The fourth-order valence-corrected chi connectivity index (χ4v) is 4.63. The maximum atomic E-state index is 13.5. The summed E-state index contributed by atoms with van der Waals surface area (Å²) in [7, 11) is 0. The molecule has 0 aromatic heterocycles. The lowest BCUT2D eigenvalue weighted by Crippen LogP contribution is -2.46. The van der Waals surface area contributed by atoms with Gasteiger partial charge in [-0.3, -0.25) is 29.5 Å². The molecule has 3 heterocycles. The number of hydrogen-bond acceptors (Lipinski definition) is 7. The van der Waals surface area contributed by atoms with Crippen LogP contribution in [0.15, 0.2) is 65.8 Å². The average Bonchev–Trinajstić information content (AvgIpc) is 3.27. The summed E-state index contributed by atoms with van der Waals surface area (Å²) in [6, 6.07) is 8.44. The predicted octanol–water partition coefficient (Wildman–Crippen LogP) is 2.33. The Morgan fingerprint density at radius 1 is 1.06 bits per heavy atom. The Morgan fingerprint density at radius 3 is 2.50 bits per heavy atom. The van der Waals surface area contributed by atoms with E-state index in [4.69, 9.17) is 0 Å². The van der Waals surface area contributed by atoms with E-state index in [0.29, 0.717) is 0 Å². The Labute approximate surface area is 180 Å². The highest BCUT2D eigenvalue weighted by molar-refractivity contribution is 6.24. The van der Waals surface area contributed by atoms with Crippen LogP contribution in [0.1, 0.15) is 10.4 Å². The summed E-state index contributed by atoms with van der Waals surface area (Å²) in [6.07, 6.45) is 4.79. The number of nitro groups is 1. The molecule has 2 amide bonds. The zero-order chi connectivity index (χ0) is 22.6. The van der Waals surface area contributed by atoms with Crippen molar-refractivity contribution in [3.63, 3.8) is 0 Å². The van der Waals surface area contributed by atoms with Gasteiger partial charge in [-0.25, -0.2) is 9.29 Å². The van der Waals surface area contributed by atoms with Crippen molar-refractivity contribution in [1.29, 1.82) is 0 Å². The van der Waals surface area contributed by atoms with E-state index >= 15 is 0 Å². The SMILES string of the molecule is O=C(c1cccc([N+](=O)[O-])c1)[C@H]1[C@H]2C(=O)N(c3ccc(F)cc3)C(=O)[C@@H]2[C@H]2C=CC=NN21. The molecule has 3 aliphatic rings. The molecule has 0 bridgehead atoms. The second-order valence-corrected chi connectivity index (χ2v) is 7.68. The van der Waals surface area contributed by atoms with Crippen LogP contribution in [0.5, 0.6) is 0 Å². The molecule has 9 nitrogen and oxygen atoms in total. The number of amides is 2. The smallest absolute Gasteiger partial charge is 0.270 e. The molecule has 3 aliphatic heterocycles. The van der Waals surface area contributed by atoms with E-state index < -0.39 is 52.3 Å². The second kappa shape index (κ2) is 7.19. The van der Waals surface area contributed by atoms with Gasteiger partial charge in [0.15, 0.2) is 5.78 Å². The van der Waals surface area contributed by atoms with Crippen LogP contribution in [-0.4, -0.2) is 45.8 Å². The minimum absolute atomic E-state index is 0.0498. The summed E-state index contributed by atoms with van der Waals surface area (Å²) in [4.78, 5) is 51.7. The Balaban J connectivity index is 1.57. The lowest BCUT2D eigenvalue weighted by molar-refractivity contribution is -0.384. The number of carbonyl (C=O) groups excluding carboxylic acids is 3. The molecule has 4 atom stereocenters. The first-order valence-electron chi connectivity index (χ1n) is 9.79. The molecule has 5 rings (SSSR count). The van der Waals surface area contributed by atoms with E-state index in [1.807, 2.05) is 0 Å². The van der Waals surface area contributed by atoms with Gasteiger partial charge in [0.05, 0.1) is 28.5 Å². The van der Waals surface area contributed by atoms with E-state index in [0.717, 1.165) is 23.1 Å². The Hall–Kier alpha value is -4.21. The van der Waals surface area contributed by atoms with Crippen LogP contribution in [0.3, 0.4) is 0 Å². The molecule has 0 N–H and O–H groups in total.